The summed E-state index contributed by atoms with van der Waals surface area (Å²) in [5.41, 5.74) is 5.58. The van der Waals surface area contributed by atoms with Crippen LogP contribution in [0, 0.1) is 13.8 Å². The Morgan fingerprint density at radius 1 is 0.976 bits per heavy atom. The van der Waals surface area contributed by atoms with Gasteiger partial charge in [0.25, 0.3) is 0 Å². The third-order valence-corrected chi connectivity index (χ3v) is 8.53. The van der Waals surface area contributed by atoms with E-state index in [-0.39, 0.29) is 6.10 Å². The number of aromatic nitrogens is 2. The normalized spacial score (nSPS) is 21.1. The molecule has 2 saturated heterocycles. The minimum atomic E-state index is -1.07. The number of imidazole rings is 1. The first kappa shape index (κ1) is 29.0. The molecule has 0 spiro atoms. The van der Waals surface area contributed by atoms with Crippen molar-refractivity contribution in [2.24, 2.45) is 0 Å². The van der Waals surface area contributed by atoms with Gasteiger partial charge in [0.2, 0.25) is 5.79 Å². The van der Waals surface area contributed by atoms with Crippen LogP contribution in [0.25, 0.3) is 0 Å². The number of ether oxygens (including phenoxy) is 3. The Labute approximate surface area is 257 Å². The monoisotopic (exact) mass is 606 g/mol. The molecular weight excluding hydrogens is 571 g/mol. The van der Waals surface area contributed by atoms with Gasteiger partial charge in [-0.3, -0.25) is 4.90 Å². The number of halogens is 2. The molecule has 0 radical (unpaired) electrons. The van der Waals surface area contributed by atoms with Gasteiger partial charge in [-0.1, -0.05) is 59.6 Å². The van der Waals surface area contributed by atoms with Crippen molar-refractivity contribution in [1.82, 2.24) is 14.5 Å². The van der Waals surface area contributed by atoms with Crippen LogP contribution in [0.5, 0.6) is 5.75 Å². The summed E-state index contributed by atoms with van der Waals surface area (Å²) in [5, 5.41) is 1.05. The van der Waals surface area contributed by atoms with Crippen molar-refractivity contribution in [2.75, 3.05) is 44.3 Å². The Kier molecular flexibility index (Phi) is 8.75. The van der Waals surface area contributed by atoms with Crippen LogP contribution in [0.4, 0.5) is 5.69 Å². The molecule has 2 fully saturated rings. The highest BCUT2D eigenvalue weighted by Gasteiger charge is 2.45. The van der Waals surface area contributed by atoms with E-state index in [9.17, 15) is 0 Å². The highest BCUT2D eigenvalue weighted by molar-refractivity contribution is 6.35. The fourth-order valence-corrected chi connectivity index (χ4v) is 6.52. The molecule has 1 aromatic heterocycles. The first-order valence-corrected chi connectivity index (χ1v) is 15.1. The minimum absolute atomic E-state index is 0.278. The van der Waals surface area contributed by atoms with E-state index in [0.29, 0.717) is 29.8 Å². The van der Waals surface area contributed by atoms with Gasteiger partial charge in [-0.25, -0.2) is 4.98 Å². The van der Waals surface area contributed by atoms with Gasteiger partial charge in [-0.05, 0) is 54.8 Å². The van der Waals surface area contributed by atoms with Crippen LogP contribution < -0.4 is 9.64 Å². The number of rotatable bonds is 9. The van der Waals surface area contributed by atoms with Crippen LogP contribution in [0.15, 0.2) is 79.4 Å². The lowest BCUT2D eigenvalue weighted by atomic mass is 10.0. The molecule has 2 atom stereocenters. The van der Waals surface area contributed by atoms with Crippen LogP contribution in [-0.2, 0) is 28.4 Å². The lowest BCUT2D eigenvalue weighted by Crippen LogP contribution is -2.45. The molecule has 0 N–H and O–H groups in total. The molecule has 0 bridgehead atoms. The highest BCUT2D eigenvalue weighted by Crippen LogP contribution is 2.41. The molecule has 7 nitrogen and oxygen atoms in total. The standard InChI is InChI=1S/C33H36Cl2N4O3/c1-24-16-26(19-37-12-14-39(15-13-37)28-6-4-3-5-7-28)17-25(2)32(24)40-20-29-21-41-33(42-29,22-38-11-10-36-23-38)30-9-8-27(34)18-31(30)35/h3-11,16-18,23,29H,12-15,19-22H2,1-2H3. The van der Waals surface area contributed by atoms with E-state index in [0.717, 1.165) is 55.2 Å². The van der Waals surface area contributed by atoms with Gasteiger partial charge >= 0.3 is 0 Å². The molecule has 3 heterocycles. The summed E-state index contributed by atoms with van der Waals surface area (Å²) in [6, 6.07) is 20.5. The third kappa shape index (κ3) is 6.46. The zero-order chi connectivity index (χ0) is 29.1. The van der Waals surface area contributed by atoms with E-state index in [2.05, 4.69) is 71.1 Å². The topological polar surface area (TPSA) is 52.0 Å². The Morgan fingerprint density at radius 2 is 1.74 bits per heavy atom. The predicted molar refractivity (Wildman–Crippen MR) is 167 cm³/mol. The summed E-state index contributed by atoms with van der Waals surface area (Å²) in [6.45, 7) is 10.5. The smallest absolute Gasteiger partial charge is 0.215 e. The van der Waals surface area contributed by atoms with Gasteiger partial charge in [0.15, 0.2) is 0 Å². The number of benzene rings is 3. The van der Waals surface area contributed by atoms with E-state index in [1.807, 2.05) is 16.8 Å². The Bertz CT molecular complexity index is 1470. The largest absolute Gasteiger partial charge is 0.490 e. The molecular formula is C33H36Cl2N4O3. The van der Waals surface area contributed by atoms with Crippen LogP contribution in [0.2, 0.25) is 10.0 Å². The van der Waals surface area contributed by atoms with E-state index in [1.54, 1.807) is 24.7 Å². The quantitative estimate of drug-likeness (QED) is 0.217. The second-order valence-corrected chi connectivity index (χ2v) is 12.0. The van der Waals surface area contributed by atoms with Crippen molar-refractivity contribution in [2.45, 2.75) is 38.8 Å². The number of hydrogen-bond donors (Lipinski definition) is 0. The molecule has 2 aliphatic rings. The second-order valence-electron chi connectivity index (χ2n) is 11.1. The SMILES string of the molecule is Cc1cc(CN2CCN(c3ccccc3)CC2)cc(C)c1OCC1COC(Cn2ccnc2)(c2ccc(Cl)cc2Cl)O1. The first-order chi connectivity index (χ1) is 20.4. The van der Waals surface area contributed by atoms with E-state index in [4.69, 9.17) is 37.4 Å². The summed E-state index contributed by atoms with van der Waals surface area (Å²) in [6.07, 6.45) is 5.06. The van der Waals surface area contributed by atoms with Crippen molar-refractivity contribution >= 4 is 28.9 Å². The van der Waals surface area contributed by atoms with Gasteiger partial charge in [0, 0.05) is 61.4 Å². The maximum atomic E-state index is 6.61. The van der Waals surface area contributed by atoms with Crippen molar-refractivity contribution in [3.8, 4) is 5.75 Å². The molecule has 0 amide bonds. The third-order valence-electron chi connectivity index (χ3n) is 7.98. The fourth-order valence-electron chi connectivity index (χ4n) is 5.97. The summed E-state index contributed by atoms with van der Waals surface area (Å²) in [5.74, 6) is -0.178. The lowest BCUT2D eigenvalue weighted by Gasteiger charge is -2.36. The van der Waals surface area contributed by atoms with Crippen LogP contribution in [0.1, 0.15) is 22.3 Å². The Hall–Kier alpha value is -3.07. The van der Waals surface area contributed by atoms with E-state index < -0.39 is 5.79 Å². The van der Waals surface area contributed by atoms with Gasteiger partial charge in [0.05, 0.1) is 24.5 Å². The lowest BCUT2D eigenvalue weighted by molar-refractivity contribution is -0.189. The van der Waals surface area contributed by atoms with Crippen LogP contribution in [-0.4, -0.2) is 59.9 Å². The number of anilines is 1. The summed E-state index contributed by atoms with van der Waals surface area (Å²) in [4.78, 5) is 9.16. The Morgan fingerprint density at radius 3 is 2.43 bits per heavy atom. The van der Waals surface area contributed by atoms with Crippen molar-refractivity contribution in [1.29, 1.82) is 0 Å². The van der Waals surface area contributed by atoms with Crippen molar-refractivity contribution in [3.63, 3.8) is 0 Å². The molecule has 0 aliphatic carbocycles. The Balaban J connectivity index is 1.08. The molecule has 2 aliphatic heterocycles. The van der Waals surface area contributed by atoms with Gasteiger partial charge in [0.1, 0.15) is 18.5 Å². The molecule has 3 aromatic carbocycles. The number of nitrogens with zero attached hydrogens (tertiary/aromatic N) is 4. The van der Waals surface area contributed by atoms with Crippen molar-refractivity contribution < 1.29 is 14.2 Å². The minimum Gasteiger partial charge on any atom is -0.490 e. The summed E-state index contributed by atoms with van der Waals surface area (Å²) >= 11 is 12.8. The first-order valence-electron chi connectivity index (χ1n) is 14.4. The van der Waals surface area contributed by atoms with E-state index in [1.165, 1.54) is 11.3 Å². The molecule has 42 heavy (non-hydrogen) atoms. The molecule has 4 aromatic rings. The molecule has 6 rings (SSSR count). The number of aryl methyl sites for hydroxylation is 2. The van der Waals surface area contributed by atoms with Gasteiger partial charge < -0.3 is 23.7 Å². The van der Waals surface area contributed by atoms with E-state index >= 15 is 0 Å². The predicted octanol–water partition coefficient (Wildman–Crippen LogP) is 6.48. The fraction of sp³-hybridized carbons (Fsp3) is 0.364. The molecule has 220 valence electrons. The van der Waals surface area contributed by atoms with Crippen LogP contribution in [0.3, 0.4) is 0 Å². The van der Waals surface area contributed by atoms with Gasteiger partial charge in [-0.15, -0.1) is 0 Å². The number of para-hydroxylation sites is 1. The van der Waals surface area contributed by atoms with Gasteiger partial charge in [-0.2, -0.15) is 0 Å². The number of piperazine rings is 1. The molecule has 2 unspecified atom stereocenters. The zero-order valence-corrected chi connectivity index (χ0v) is 25.5. The maximum absolute atomic E-state index is 6.61. The average molecular weight is 608 g/mol. The average Bonchev–Trinajstić information content (AvgIpc) is 3.64. The van der Waals surface area contributed by atoms with Crippen LogP contribution >= 0.6 is 23.2 Å². The summed E-state index contributed by atoms with van der Waals surface area (Å²) < 4.78 is 21.2. The molecule has 9 heteroatoms. The number of hydrogen-bond acceptors (Lipinski definition) is 6. The highest BCUT2D eigenvalue weighted by atomic mass is 35.5. The molecule has 0 saturated carbocycles. The zero-order valence-electron chi connectivity index (χ0n) is 24.0. The van der Waals surface area contributed by atoms with Crippen molar-refractivity contribution in [3.05, 3.63) is 112 Å². The second kappa shape index (κ2) is 12.7. The maximum Gasteiger partial charge on any atom is 0.215 e. The summed E-state index contributed by atoms with van der Waals surface area (Å²) in [7, 11) is 0.